The molecule has 0 heterocycles. The first-order valence-corrected chi connectivity index (χ1v) is 14.3. The SMILES string of the molecule is CCCC(=O)C(CCC)Cc1ccc2c(c1O)C(=O)C1=C(O)[C@@]3(O)C(=O)C(C(C)=O)=C(O)C[C@@]3(C)[C@H](O)[C@@]1(C)[C@@H]2C. The lowest BCUT2D eigenvalue weighted by atomic mass is 9.45. The maximum Gasteiger partial charge on any atom is 0.209 e. The number of Topliss-reactive ketones (excluding diaryl/α,β-unsaturated/α-hetero) is 4. The number of carbonyl (C=O) groups excluding carboxylic acids is 4. The number of phenols is 1. The molecule has 0 amide bonds. The number of hydrogen-bond acceptors (Lipinski definition) is 9. The van der Waals surface area contributed by atoms with E-state index in [-0.39, 0.29) is 29.4 Å². The van der Waals surface area contributed by atoms with Crippen molar-refractivity contribution in [3.63, 3.8) is 0 Å². The molecule has 3 aliphatic rings. The molecule has 3 aliphatic carbocycles. The summed E-state index contributed by atoms with van der Waals surface area (Å²) in [4.78, 5) is 52.7. The fourth-order valence-electron chi connectivity index (χ4n) is 7.51. The number of aliphatic hydroxyl groups excluding tert-OH is 3. The van der Waals surface area contributed by atoms with E-state index < -0.39 is 74.9 Å². The standard InChI is InChI=1S/C32H40O9/c1-7-9-17(20(34)10-8-2)13-18-11-12-19-15(3)31(6)24(26(37)23(19)25(18)36)28(39)32(41)27(38)22(16(4)33)21(35)14-30(32,5)29(31)40/h11-12,15,17,29,35-36,39-41H,7-10,13-14H2,1-6H3/t15-,17?,29+,30+,31+,32+/m1/s1. The molecule has 1 aromatic rings. The topological polar surface area (TPSA) is 169 Å². The quantitative estimate of drug-likeness (QED) is 0.287. The van der Waals surface area contributed by atoms with Crippen molar-refractivity contribution in [3.05, 3.63) is 51.5 Å². The summed E-state index contributed by atoms with van der Waals surface area (Å²) in [6, 6.07) is 3.34. The minimum atomic E-state index is -2.88. The van der Waals surface area contributed by atoms with Gasteiger partial charge in [0.1, 0.15) is 28.6 Å². The van der Waals surface area contributed by atoms with E-state index in [0.717, 1.165) is 13.3 Å². The second kappa shape index (κ2) is 10.2. The monoisotopic (exact) mass is 568 g/mol. The molecule has 0 aromatic heterocycles. The summed E-state index contributed by atoms with van der Waals surface area (Å²) in [6.45, 7) is 9.49. The number of rotatable bonds is 8. The number of aromatic hydroxyl groups is 1. The van der Waals surface area contributed by atoms with Crippen LogP contribution in [0.3, 0.4) is 0 Å². The normalized spacial score (nSPS) is 31.9. The molecule has 41 heavy (non-hydrogen) atoms. The fourth-order valence-corrected chi connectivity index (χ4v) is 7.51. The van der Waals surface area contributed by atoms with Crippen molar-refractivity contribution in [1.29, 1.82) is 0 Å². The summed E-state index contributed by atoms with van der Waals surface area (Å²) in [5.74, 6) is -5.93. The first-order valence-electron chi connectivity index (χ1n) is 14.3. The summed E-state index contributed by atoms with van der Waals surface area (Å²) in [6.07, 6.45) is 0.546. The summed E-state index contributed by atoms with van der Waals surface area (Å²) >= 11 is 0. The molecular weight excluding hydrogens is 528 g/mol. The van der Waals surface area contributed by atoms with Crippen LogP contribution in [0.2, 0.25) is 0 Å². The molecule has 222 valence electrons. The van der Waals surface area contributed by atoms with Crippen molar-refractivity contribution in [2.45, 2.75) is 97.7 Å². The van der Waals surface area contributed by atoms with Crippen molar-refractivity contribution in [1.82, 2.24) is 0 Å². The lowest BCUT2D eigenvalue weighted by molar-refractivity contribution is -0.191. The van der Waals surface area contributed by atoms with Crippen LogP contribution in [0.15, 0.2) is 34.8 Å². The van der Waals surface area contributed by atoms with E-state index >= 15 is 0 Å². The van der Waals surface area contributed by atoms with Crippen LogP contribution in [-0.4, -0.2) is 60.4 Å². The molecule has 0 fully saturated rings. The molecule has 5 N–H and O–H groups in total. The Balaban J connectivity index is 1.94. The van der Waals surface area contributed by atoms with E-state index in [1.165, 1.54) is 13.8 Å². The third-order valence-corrected chi connectivity index (χ3v) is 10.0. The van der Waals surface area contributed by atoms with Crippen molar-refractivity contribution in [2.75, 3.05) is 0 Å². The second-order valence-electron chi connectivity index (χ2n) is 12.4. The number of carbonyl (C=O) groups is 4. The van der Waals surface area contributed by atoms with E-state index in [2.05, 4.69) is 0 Å². The van der Waals surface area contributed by atoms with Crippen molar-refractivity contribution in [2.24, 2.45) is 16.7 Å². The van der Waals surface area contributed by atoms with Gasteiger partial charge in [0.05, 0.1) is 17.2 Å². The molecule has 0 saturated heterocycles. The maximum absolute atomic E-state index is 14.2. The highest BCUT2D eigenvalue weighted by atomic mass is 16.4. The first-order chi connectivity index (χ1) is 19.0. The third-order valence-electron chi connectivity index (χ3n) is 10.0. The van der Waals surface area contributed by atoms with Gasteiger partial charge in [0, 0.05) is 29.6 Å². The van der Waals surface area contributed by atoms with Crippen LogP contribution >= 0.6 is 0 Å². The molecule has 0 saturated carbocycles. The predicted molar refractivity (Wildman–Crippen MR) is 150 cm³/mol. The number of benzene rings is 1. The zero-order valence-electron chi connectivity index (χ0n) is 24.5. The Morgan fingerprint density at radius 1 is 1.07 bits per heavy atom. The van der Waals surface area contributed by atoms with E-state index in [1.807, 2.05) is 13.8 Å². The predicted octanol–water partition coefficient (Wildman–Crippen LogP) is 4.32. The molecule has 1 aromatic carbocycles. The van der Waals surface area contributed by atoms with Gasteiger partial charge >= 0.3 is 0 Å². The highest BCUT2D eigenvalue weighted by molar-refractivity contribution is 6.25. The number of ketones is 4. The first kappa shape index (κ1) is 30.7. The van der Waals surface area contributed by atoms with Crippen LogP contribution in [0.5, 0.6) is 5.75 Å². The molecule has 9 nitrogen and oxygen atoms in total. The van der Waals surface area contributed by atoms with Gasteiger partial charge < -0.3 is 25.5 Å². The Morgan fingerprint density at radius 3 is 2.27 bits per heavy atom. The van der Waals surface area contributed by atoms with Crippen molar-refractivity contribution < 1.29 is 44.7 Å². The van der Waals surface area contributed by atoms with E-state index in [0.29, 0.717) is 30.4 Å². The van der Waals surface area contributed by atoms with Gasteiger partial charge in [-0.25, -0.2) is 0 Å². The molecule has 1 unspecified atom stereocenters. The van der Waals surface area contributed by atoms with Gasteiger partial charge in [0.25, 0.3) is 0 Å². The van der Waals surface area contributed by atoms with Crippen molar-refractivity contribution in [3.8, 4) is 5.75 Å². The minimum Gasteiger partial charge on any atom is -0.511 e. The maximum atomic E-state index is 14.2. The molecule has 0 bridgehead atoms. The molecule has 0 radical (unpaired) electrons. The molecule has 0 aliphatic heterocycles. The molecular formula is C32H40O9. The summed E-state index contributed by atoms with van der Waals surface area (Å²) in [5.41, 5.74) is -6.78. The average molecular weight is 569 g/mol. The largest absolute Gasteiger partial charge is 0.511 e. The molecule has 4 rings (SSSR count). The highest BCUT2D eigenvalue weighted by Crippen LogP contribution is 2.65. The average Bonchev–Trinajstić information content (AvgIpc) is 2.89. The van der Waals surface area contributed by atoms with Crippen LogP contribution < -0.4 is 0 Å². The minimum absolute atomic E-state index is 0.0735. The summed E-state index contributed by atoms with van der Waals surface area (Å²) < 4.78 is 0. The summed E-state index contributed by atoms with van der Waals surface area (Å²) in [5, 5.41) is 57.4. The Morgan fingerprint density at radius 2 is 1.71 bits per heavy atom. The lowest BCUT2D eigenvalue weighted by Crippen LogP contribution is -2.70. The van der Waals surface area contributed by atoms with Crippen LogP contribution in [0, 0.1) is 16.7 Å². The number of fused-ring (bicyclic) bond motifs is 3. The van der Waals surface area contributed by atoms with Gasteiger partial charge in [-0.2, -0.15) is 0 Å². The fraction of sp³-hybridized carbons (Fsp3) is 0.562. The number of phenolic OH excluding ortho intramolecular Hbond substituents is 1. The van der Waals surface area contributed by atoms with Gasteiger partial charge in [-0.05, 0) is 43.2 Å². The van der Waals surface area contributed by atoms with Gasteiger partial charge in [-0.1, -0.05) is 53.2 Å². The van der Waals surface area contributed by atoms with Crippen LogP contribution in [0.1, 0.15) is 101 Å². The smallest absolute Gasteiger partial charge is 0.209 e. The van der Waals surface area contributed by atoms with Crippen LogP contribution in [0.25, 0.3) is 0 Å². The van der Waals surface area contributed by atoms with Crippen LogP contribution in [0.4, 0.5) is 0 Å². The second-order valence-corrected chi connectivity index (χ2v) is 12.4. The Hall–Kier alpha value is -3.30. The Labute approximate surface area is 239 Å². The van der Waals surface area contributed by atoms with Gasteiger partial charge in [0.15, 0.2) is 17.2 Å². The third kappa shape index (κ3) is 3.96. The molecule has 0 spiro atoms. The molecule has 6 atom stereocenters. The highest BCUT2D eigenvalue weighted by Gasteiger charge is 2.73. The zero-order chi connectivity index (χ0) is 30.8. The lowest BCUT2D eigenvalue weighted by Gasteiger charge is -2.60. The van der Waals surface area contributed by atoms with Gasteiger partial charge in [-0.3, -0.25) is 19.2 Å². The van der Waals surface area contributed by atoms with Gasteiger partial charge in [-0.15, -0.1) is 0 Å². The zero-order valence-corrected chi connectivity index (χ0v) is 24.5. The van der Waals surface area contributed by atoms with E-state index in [4.69, 9.17) is 0 Å². The number of hydrogen-bond donors (Lipinski definition) is 5. The Kier molecular flexibility index (Phi) is 7.63. The van der Waals surface area contributed by atoms with Gasteiger partial charge in [0.2, 0.25) is 5.78 Å². The number of aliphatic hydroxyl groups is 4. The number of allylic oxidation sites excluding steroid dienone is 1. The van der Waals surface area contributed by atoms with Crippen LogP contribution in [-0.2, 0) is 20.8 Å². The Bertz CT molecular complexity index is 1420. The molecule has 9 heteroatoms. The van der Waals surface area contributed by atoms with E-state index in [9.17, 15) is 44.7 Å². The summed E-state index contributed by atoms with van der Waals surface area (Å²) in [7, 11) is 0. The van der Waals surface area contributed by atoms with E-state index in [1.54, 1.807) is 19.1 Å². The van der Waals surface area contributed by atoms with Crippen molar-refractivity contribution >= 4 is 23.1 Å².